The van der Waals surface area contributed by atoms with E-state index in [9.17, 15) is 14.4 Å². The van der Waals surface area contributed by atoms with Crippen LogP contribution >= 0.6 is 0 Å². The van der Waals surface area contributed by atoms with E-state index in [1.165, 1.54) is 0 Å². The highest BCUT2D eigenvalue weighted by molar-refractivity contribution is 5.93. The Morgan fingerprint density at radius 2 is 1.95 bits per heavy atom. The summed E-state index contributed by atoms with van der Waals surface area (Å²) in [5, 5.41) is 8.71. The van der Waals surface area contributed by atoms with Gasteiger partial charge in [-0.05, 0) is 5.56 Å². The predicted octanol–water partition coefficient (Wildman–Crippen LogP) is 0.267. The van der Waals surface area contributed by atoms with E-state index in [-0.39, 0.29) is 18.0 Å². The van der Waals surface area contributed by atoms with Crippen LogP contribution in [0.25, 0.3) is 0 Å². The van der Waals surface area contributed by atoms with Crippen molar-refractivity contribution in [3.63, 3.8) is 0 Å². The van der Waals surface area contributed by atoms with Gasteiger partial charge < -0.3 is 15.6 Å². The van der Waals surface area contributed by atoms with Crippen molar-refractivity contribution in [2.45, 2.75) is 13.2 Å². The number of esters is 1. The third-order valence-electron chi connectivity index (χ3n) is 2.76. The fourth-order valence-electron chi connectivity index (χ4n) is 1.72. The van der Waals surface area contributed by atoms with Gasteiger partial charge in [0.15, 0.2) is 0 Å². The molecule has 0 aliphatic carbocycles. The SMILES string of the molecule is Nc1nc(=O)n(CC(=O)O)cc1C(=O)OCc1ccccc1. The van der Waals surface area contributed by atoms with Crippen LogP contribution in [0.1, 0.15) is 15.9 Å². The molecule has 0 radical (unpaired) electrons. The smallest absolute Gasteiger partial charge is 0.350 e. The zero-order valence-corrected chi connectivity index (χ0v) is 11.4. The Labute approximate surface area is 124 Å². The Morgan fingerprint density at radius 3 is 2.59 bits per heavy atom. The Balaban J connectivity index is 2.18. The number of aliphatic carboxylic acids is 1. The second-order valence-corrected chi connectivity index (χ2v) is 4.41. The van der Waals surface area contributed by atoms with Gasteiger partial charge in [0, 0.05) is 6.20 Å². The van der Waals surface area contributed by atoms with Gasteiger partial charge in [0.1, 0.15) is 24.5 Å². The van der Waals surface area contributed by atoms with Crippen LogP contribution in [-0.4, -0.2) is 26.6 Å². The van der Waals surface area contributed by atoms with Gasteiger partial charge >= 0.3 is 17.6 Å². The molecule has 0 saturated heterocycles. The molecule has 8 heteroatoms. The maximum absolute atomic E-state index is 12.0. The van der Waals surface area contributed by atoms with Crippen molar-refractivity contribution < 1.29 is 19.4 Å². The highest BCUT2D eigenvalue weighted by Crippen LogP contribution is 2.09. The fourth-order valence-corrected chi connectivity index (χ4v) is 1.72. The summed E-state index contributed by atoms with van der Waals surface area (Å²) in [4.78, 5) is 37.6. The van der Waals surface area contributed by atoms with E-state index in [1.54, 1.807) is 24.3 Å². The van der Waals surface area contributed by atoms with Crippen molar-refractivity contribution in [1.29, 1.82) is 0 Å². The molecule has 0 bridgehead atoms. The average molecular weight is 303 g/mol. The highest BCUT2D eigenvalue weighted by Gasteiger charge is 2.16. The minimum atomic E-state index is -1.24. The van der Waals surface area contributed by atoms with Crippen molar-refractivity contribution in [3.8, 4) is 0 Å². The maximum atomic E-state index is 12.0. The minimum Gasteiger partial charge on any atom is -0.480 e. The van der Waals surface area contributed by atoms with E-state index in [2.05, 4.69) is 4.98 Å². The molecule has 114 valence electrons. The molecule has 3 N–H and O–H groups in total. The molecular formula is C14H13N3O5. The summed E-state index contributed by atoms with van der Waals surface area (Å²) in [5.41, 5.74) is 5.29. The number of anilines is 1. The number of benzene rings is 1. The average Bonchev–Trinajstić information content (AvgIpc) is 2.48. The van der Waals surface area contributed by atoms with Crippen molar-refractivity contribution in [2.75, 3.05) is 5.73 Å². The van der Waals surface area contributed by atoms with Gasteiger partial charge in [0.05, 0.1) is 0 Å². The molecular weight excluding hydrogens is 290 g/mol. The molecule has 0 atom stereocenters. The van der Waals surface area contributed by atoms with Gasteiger partial charge in [-0.15, -0.1) is 0 Å². The first-order valence-corrected chi connectivity index (χ1v) is 6.27. The van der Waals surface area contributed by atoms with Crippen LogP contribution in [0.3, 0.4) is 0 Å². The molecule has 2 aromatic rings. The zero-order valence-electron chi connectivity index (χ0n) is 11.4. The van der Waals surface area contributed by atoms with E-state index in [0.29, 0.717) is 0 Å². The molecule has 0 aliphatic heterocycles. The van der Waals surface area contributed by atoms with Crippen molar-refractivity contribution in [1.82, 2.24) is 9.55 Å². The summed E-state index contributed by atoms with van der Waals surface area (Å²) < 4.78 is 5.85. The normalized spacial score (nSPS) is 10.2. The summed E-state index contributed by atoms with van der Waals surface area (Å²) in [7, 11) is 0. The molecule has 1 heterocycles. The number of nitrogens with two attached hydrogens (primary N) is 1. The number of carbonyl (C=O) groups is 2. The highest BCUT2D eigenvalue weighted by atomic mass is 16.5. The molecule has 8 nitrogen and oxygen atoms in total. The van der Waals surface area contributed by atoms with Gasteiger partial charge in [-0.2, -0.15) is 4.98 Å². The van der Waals surface area contributed by atoms with Crippen molar-refractivity contribution in [3.05, 3.63) is 58.1 Å². The van der Waals surface area contributed by atoms with Crippen LogP contribution in [0.15, 0.2) is 41.3 Å². The van der Waals surface area contributed by atoms with E-state index < -0.39 is 24.2 Å². The number of hydrogen-bond donors (Lipinski definition) is 2. The molecule has 0 spiro atoms. The van der Waals surface area contributed by atoms with Gasteiger partial charge in [-0.1, -0.05) is 30.3 Å². The summed E-state index contributed by atoms with van der Waals surface area (Å²) in [6.45, 7) is -0.595. The standard InChI is InChI=1S/C14H13N3O5/c15-12-10(6-17(7-11(18)19)14(21)16-12)13(20)22-8-9-4-2-1-3-5-9/h1-6H,7-8H2,(H,18,19)(H2,15,16,21). The molecule has 2 rings (SSSR count). The fraction of sp³-hybridized carbons (Fsp3) is 0.143. The molecule has 0 unspecified atom stereocenters. The van der Waals surface area contributed by atoms with Gasteiger partial charge in [0.2, 0.25) is 0 Å². The molecule has 0 aliphatic rings. The number of nitrogens with zero attached hydrogens (tertiary/aromatic N) is 2. The van der Waals surface area contributed by atoms with E-state index in [4.69, 9.17) is 15.6 Å². The number of carboxylic acid groups (broad SMARTS) is 1. The monoisotopic (exact) mass is 303 g/mol. The number of ether oxygens (including phenoxy) is 1. The van der Waals surface area contributed by atoms with Gasteiger partial charge in [-0.3, -0.25) is 9.36 Å². The summed E-state index contributed by atoms with van der Waals surface area (Å²) in [6, 6.07) is 8.98. The molecule has 0 fully saturated rings. The lowest BCUT2D eigenvalue weighted by atomic mass is 10.2. The van der Waals surface area contributed by atoms with E-state index in [1.807, 2.05) is 6.07 Å². The summed E-state index contributed by atoms with van der Waals surface area (Å²) in [5.74, 6) is -2.32. The van der Waals surface area contributed by atoms with Gasteiger partial charge in [-0.25, -0.2) is 9.59 Å². The number of hydrogen-bond acceptors (Lipinski definition) is 6. The predicted molar refractivity (Wildman–Crippen MR) is 76.1 cm³/mol. The molecule has 1 aromatic carbocycles. The quantitative estimate of drug-likeness (QED) is 0.759. The zero-order chi connectivity index (χ0) is 16.1. The van der Waals surface area contributed by atoms with Crippen LogP contribution in [0.4, 0.5) is 5.82 Å². The Hall–Kier alpha value is -3.16. The van der Waals surface area contributed by atoms with Gasteiger partial charge in [0.25, 0.3) is 0 Å². The molecule has 1 aromatic heterocycles. The van der Waals surface area contributed by atoms with Crippen LogP contribution < -0.4 is 11.4 Å². The lowest BCUT2D eigenvalue weighted by Crippen LogP contribution is -2.29. The maximum Gasteiger partial charge on any atom is 0.350 e. The molecule has 22 heavy (non-hydrogen) atoms. The number of aromatic nitrogens is 2. The first-order chi connectivity index (χ1) is 10.5. The Morgan fingerprint density at radius 1 is 1.27 bits per heavy atom. The largest absolute Gasteiger partial charge is 0.480 e. The van der Waals surface area contributed by atoms with E-state index in [0.717, 1.165) is 16.3 Å². The second kappa shape index (κ2) is 6.53. The van der Waals surface area contributed by atoms with Crippen LogP contribution in [-0.2, 0) is 22.7 Å². The number of nitrogen functional groups attached to an aromatic ring is 1. The van der Waals surface area contributed by atoms with Crippen molar-refractivity contribution >= 4 is 17.8 Å². The van der Waals surface area contributed by atoms with E-state index >= 15 is 0 Å². The third kappa shape index (κ3) is 3.69. The van der Waals surface area contributed by atoms with Crippen LogP contribution in [0.2, 0.25) is 0 Å². The van der Waals surface area contributed by atoms with Crippen molar-refractivity contribution in [2.24, 2.45) is 0 Å². The third-order valence-corrected chi connectivity index (χ3v) is 2.76. The Kier molecular flexibility index (Phi) is 4.52. The first-order valence-electron chi connectivity index (χ1n) is 6.27. The Bertz CT molecular complexity index is 755. The number of carboxylic acids is 1. The minimum absolute atomic E-state index is 0.0250. The second-order valence-electron chi connectivity index (χ2n) is 4.41. The van der Waals surface area contributed by atoms with Crippen LogP contribution in [0, 0.1) is 0 Å². The number of rotatable bonds is 5. The summed E-state index contributed by atoms with van der Waals surface area (Å²) in [6.07, 6.45) is 1.03. The lowest BCUT2D eigenvalue weighted by Gasteiger charge is -2.08. The molecule has 0 saturated carbocycles. The van der Waals surface area contributed by atoms with Crippen LogP contribution in [0.5, 0.6) is 0 Å². The molecule has 0 amide bonds. The topological polar surface area (TPSA) is 125 Å². The number of carbonyl (C=O) groups excluding carboxylic acids is 1. The first kappa shape index (κ1) is 15.2. The lowest BCUT2D eigenvalue weighted by molar-refractivity contribution is -0.137. The summed E-state index contributed by atoms with van der Waals surface area (Å²) >= 11 is 0.